The number of pyridine rings is 1. The second-order valence-electron chi connectivity index (χ2n) is 8.63. The normalized spacial score (nSPS) is 16.9. The minimum atomic E-state index is -4.72. The Hall–Kier alpha value is -4.14. The number of fused-ring (bicyclic) bond motifs is 1. The van der Waals surface area contributed by atoms with E-state index < -0.39 is 17.8 Å². The van der Waals surface area contributed by atoms with Gasteiger partial charge in [0.2, 0.25) is 0 Å². The van der Waals surface area contributed by atoms with Gasteiger partial charge in [0.05, 0.1) is 29.9 Å². The van der Waals surface area contributed by atoms with Crippen LogP contribution >= 0.6 is 0 Å². The van der Waals surface area contributed by atoms with Gasteiger partial charge in [-0.05, 0) is 12.1 Å². The highest BCUT2D eigenvalue weighted by atomic mass is 19.4. The summed E-state index contributed by atoms with van der Waals surface area (Å²) in [6.45, 7) is 2.51. The lowest BCUT2D eigenvalue weighted by Crippen LogP contribution is -2.50. The summed E-state index contributed by atoms with van der Waals surface area (Å²) < 4.78 is 48.2. The van der Waals surface area contributed by atoms with Crippen molar-refractivity contribution >= 4 is 29.2 Å². The van der Waals surface area contributed by atoms with Crippen LogP contribution in [0, 0.1) is 0 Å². The Bertz CT molecular complexity index is 1350. The van der Waals surface area contributed by atoms with Gasteiger partial charge in [-0.15, -0.1) is 5.10 Å². The van der Waals surface area contributed by atoms with Gasteiger partial charge < -0.3 is 30.3 Å². The summed E-state index contributed by atoms with van der Waals surface area (Å²) in [7, 11) is 0. The molecule has 3 aromatic heterocycles. The summed E-state index contributed by atoms with van der Waals surface area (Å²) in [6.07, 6.45) is -3.34. The molecule has 0 bridgehead atoms. The van der Waals surface area contributed by atoms with Crippen LogP contribution in [0.25, 0.3) is 16.9 Å². The molecular weight excluding hydrogens is 497 g/mol. The van der Waals surface area contributed by atoms with E-state index in [1.807, 2.05) is 4.90 Å². The van der Waals surface area contributed by atoms with Crippen LogP contribution in [-0.4, -0.2) is 99.0 Å². The molecule has 0 aliphatic carbocycles. The first-order valence-corrected chi connectivity index (χ1v) is 11.4. The number of halogens is 3. The fourth-order valence-electron chi connectivity index (χ4n) is 4.39. The lowest BCUT2D eigenvalue weighted by atomic mass is 10.1. The number of nitrogens with zero attached hydrogens (tertiary/aromatic N) is 7. The Kier molecular flexibility index (Phi) is 6.23. The van der Waals surface area contributed by atoms with Crippen LogP contribution in [0.15, 0.2) is 24.5 Å². The average molecular weight is 520 g/mol. The summed E-state index contributed by atoms with van der Waals surface area (Å²) in [6, 6.07) is 2.32. The molecule has 2 amide bonds. The van der Waals surface area contributed by atoms with Crippen LogP contribution in [0.4, 0.5) is 29.6 Å². The number of ether oxygens (including phenoxy) is 1. The minimum Gasteiger partial charge on any atom is -0.465 e. The summed E-state index contributed by atoms with van der Waals surface area (Å²) in [5, 5.41) is 13.4. The van der Waals surface area contributed by atoms with Crippen molar-refractivity contribution in [2.45, 2.75) is 6.18 Å². The zero-order valence-corrected chi connectivity index (χ0v) is 19.5. The maximum Gasteiger partial charge on any atom is 0.417 e. The van der Waals surface area contributed by atoms with Crippen molar-refractivity contribution in [2.24, 2.45) is 0 Å². The van der Waals surface area contributed by atoms with E-state index in [9.17, 15) is 22.8 Å². The Morgan fingerprint density at radius 1 is 1.03 bits per heavy atom. The molecule has 0 radical (unpaired) electrons. The first kappa shape index (κ1) is 24.5. The number of morpholine rings is 1. The standard InChI is InChI=1S/C22H23F3N8O4/c23-22(24,25)15-10-17(26)27-11-14(15)18-28-19(30-5-7-37-8-6-30)16-9-13(12-33(16)29-18)20(34)31-1-3-32(4-2-31)21(35)36/h9-12H,1-8H2,(H2,26,27)(H,35,36). The maximum absolute atomic E-state index is 13.8. The van der Waals surface area contributed by atoms with E-state index in [-0.39, 0.29) is 54.9 Å². The number of nitrogen functional groups attached to an aromatic ring is 1. The molecule has 15 heteroatoms. The molecule has 0 saturated carbocycles. The number of anilines is 2. The van der Waals surface area contributed by atoms with E-state index in [4.69, 9.17) is 15.6 Å². The SMILES string of the molecule is Nc1cc(C(F)(F)F)c(-c2nc(N3CCOCC3)c3cc(C(=O)N4CCN(C(=O)O)CC4)cn3n2)cn1. The number of rotatable bonds is 3. The number of carbonyl (C=O) groups is 2. The molecule has 0 atom stereocenters. The van der Waals surface area contributed by atoms with E-state index in [1.54, 1.807) is 6.07 Å². The third kappa shape index (κ3) is 4.81. The summed E-state index contributed by atoms with van der Waals surface area (Å²) >= 11 is 0. The largest absolute Gasteiger partial charge is 0.465 e. The quantitative estimate of drug-likeness (QED) is 0.527. The molecule has 12 nitrogen and oxygen atoms in total. The number of hydrogen-bond donors (Lipinski definition) is 2. The summed E-state index contributed by atoms with van der Waals surface area (Å²) in [4.78, 5) is 37.3. The van der Waals surface area contributed by atoms with Gasteiger partial charge in [-0.2, -0.15) is 13.2 Å². The van der Waals surface area contributed by atoms with Crippen molar-refractivity contribution in [3.8, 4) is 11.4 Å². The third-order valence-corrected chi connectivity index (χ3v) is 6.31. The monoisotopic (exact) mass is 520 g/mol. The average Bonchev–Trinajstić information content (AvgIpc) is 3.32. The zero-order valence-electron chi connectivity index (χ0n) is 19.5. The van der Waals surface area contributed by atoms with Crippen molar-refractivity contribution in [1.82, 2.24) is 29.4 Å². The second kappa shape index (κ2) is 9.38. The van der Waals surface area contributed by atoms with Gasteiger partial charge in [0.15, 0.2) is 11.6 Å². The molecule has 5 rings (SSSR count). The molecule has 2 saturated heterocycles. The Balaban J connectivity index is 1.57. The van der Waals surface area contributed by atoms with Gasteiger partial charge in [-0.1, -0.05) is 0 Å². The molecule has 3 N–H and O–H groups in total. The molecule has 5 heterocycles. The van der Waals surface area contributed by atoms with Crippen LogP contribution in [0.3, 0.4) is 0 Å². The Labute approximate surface area is 208 Å². The van der Waals surface area contributed by atoms with E-state index in [0.29, 0.717) is 37.6 Å². The smallest absolute Gasteiger partial charge is 0.417 e. The molecule has 196 valence electrons. The highest BCUT2D eigenvalue weighted by Crippen LogP contribution is 2.37. The van der Waals surface area contributed by atoms with Crippen LogP contribution in [-0.2, 0) is 10.9 Å². The topological polar surface area (TPSA) is 142 Å². The van der Waals surface area contributed by atoms with Gasteiger partial charge in [-0.3, -0.25) is 4.79 Å². The maximum atomic E-state index is 13.8. The predicted octanol–water partition coefficient (Wildman–Crippen LogP) is 1.66. The number of piperazine rings is 1. The molecule has 2 fully saturated rings. The summed E-state index contributed by atoms with van der Waals surface area (Å²) in [5.74, 6) is -0.496. The lowest BCUT2D eigenvalue weighted by molar-refractivity contribution is -0.137. The van der Waals surface area contributed by atoms with Crippen molar-refractivity contribution in [2.75, 3.05) is 63.1 Å². The molecule has 2 aliphatic rings. The van der Waals surface area contributed by atoms with Gasteiger partial charge >= 0.3 is 12.3 Å². The van der Waals surface area contributed by atoms with Crippen molar-refractivity contribution in [1.29, 1.82) is 0 Å². The Morgan fingerprint density at radius 3 is 2.35 bits per heavy atom. The predicted molar refractivity (Wildman–Crippen MR) is 124 cm³/mol. The van der Waals surface area contributed by atoms with Crippen molar-refractivity contribution < 1.29 is 32.6 Å². The van der Waals surface area contributed by atoms with E-state index in [2.05, 4.69) is 15.1 Å². The second-order valence-corrected chi connectivity index (χ2v) is 8.63. The van der Waals surface area contributed by atoms with Crippen LogP contribution < -0.4 is 10.6 Å². The third-order valence-electron chi connectivity index (χ3n) is 6.31. The van der Waals surface area contributed by atoms with Gasteiger partial charge in [0.1, 0.15) is 11.3 Å². The minimum absolute atomic E-state index is 0.182. The number of carboxylic acid groups (broad SMARTS) is 1. The van der Waals surface area contributed by atoms with Gasteiger partial charge in [0.25, 0.3) is 5.91 Å². The number of carbonyl (C=O) groups excluding carboxylic acids is 1. The van der Waals surface area contributed by atoms with E-state index >= 15 is 0 Å². The molecule has 37 heavy (non-hydrogen) atoms. The Morgan fingerprint density at radius 2 is 1.70 bits per heavy atom. The highest BCUT2D eigenvalue weighted by Gasteiger charge is 2.36. The molecule has 0 unspecified atom stereocenters. The first-order valence-electron chi connectivity index (χ1n) is 11.4. The fourth-order valence-corrected chi connectivity index (χ4v) is 4.39. The van der Waals surface area contributed by atoms with Crippen LogP contribution in [0.1, 0.15) is 15.9 Å². The molecule has 2 aliphatic heterocycles. The highest BCUT2D eigenvalue weighted by molar-refractivity contribution is 5.96. The van der Waals surface area contributed by atoms with Gasteiger partial charge in [0, 0.05) is 51.7 Å². The van der Waals surface area contributed by atoms with E-state index in [0.717, 1.165) is 12.3 Å². The van der Waals surface area contributed by atoms with E-state index in [1.165, 1.54) is 20.5 Å². The number of amides is 2. The van der Waals surface area contributed by atoms with Crippen molar-refractivity contribution in [3.63, 3.8) is 0 Å². The lowest BCUT2D eigenvalue weighted by Gasteiger charge is -2.32. The van der Waals surface area contributed by atoms with Crippen LogP contribution in [0.2, 0.25) is 0 Å². The fraction of sp³-hybridized carbons (Fsp3) is 0.409. The zero-order chi connectivity index (χ0) is 26.3. The number of alkyl halides is 3. The first-order chi connectivity index (χ1) is 17.6. The number of aromatic nitrogens is 4. The summed E-state index contributed by atoms with van der Waals surface area (Å²) in [5.41, 5.74) is 4.85. The molecular formula is C22H23F3N8O4. The molecule has 3 aromatic rings. The molecule has 0 spiro atoms. The van der Waals surface area contributed by atoms with Gasteiger partial charge in [-0.25, -0.2) is 19.3 Å². The number of nitrogens with two attached hydrogens (primary N) is 1. The number of hydrogen-bond acceptors (Lipinski definition) is 8. The molecule has 0 aromatic carbocycles. The van der Waals surface area contributed by atoms with Crippen molar-refractivity contribution in [3.05, 3.63) is 35.7 Å². The van der Waals surface area contributed by atoms with Crippen LogP contribution in [0.5, 0.6) is 0 Å².